The minimum Gasteiger partial charge on any atom is -0.507 e. The molecular formula is C18H17NO4. The van der Waals surface area contributed by atoms with Gasteiger partial charge in [0.25, 0.3) is 0 Å². The van der Waals surface area contributed by atoms with Gasteiger partial charge in [0.2, 0.25) is 0 Å². The van der Waals surface area contributed by atoms with Crippen molar-refractivity contribution in [3.63, 3.8) is 0 Å². The van der Waals surface area contributed by atoms with Crippen LogP contribution in [-0.4, -0.2) is 18.2 Å². The Morgan fingerprint density at radius 3 is 2.39 bits per heavy atom. The minimum atomic E-state index is -0.470. The topological polar surface area (TPSA) is 76.0 Å². The Morgan fingerprint density at radius 2 is 1.83 bits per heavy atom. The number of carbonyl (C=O) groups excluding carboxylic acids is 1. The lowest BCUT2D eigenvalue weighted by atomic mass is 9.94. The molecule has 2 aromatic rings. The summed E-state index contributed by atoms with van der Waals surface area (Å²) < 4.78 is 4.72. The summed E-state index contributed by atoms with van der Waals surface area (Å²) in [6, 6.07) is 11.3. The van der Waals surface area contributed by atoms with Crippen LogP contribution in [0, 0.1) is 4.91 Å². The molecule has 0 aromatic heterocycles. The molecule has 23 heavy (non-hydrogen) atoms. The van der Waals surface area contributed by atoms with E-state index >= 15 is 0 Å². The highest BCUT2D eigenvalue weighted by Gasteiger charge is 2.14. The smallest absolute Gasteiger partial charge is 0.337 e. The van der Waals surface area contributed by atoms with Gasteiger partial charge in [0.1, 0.15) is 11.4 Å². The van der Waals surface area contributed by atoms with Crippen molar-refractivity contribution in [3.05, 3.63) is 70.1 Å². The first-order valence-electron chi connectivity index (χ1n) is 7.16. The molecule has 0 aliphatic rings. The molecule has 0 saturated carbocycles. The number of benzene rings is 2. The van der Waals surface area contributed by atoms with Gasteiger partial charge in [-0.25, -0.2) is 4.79 Å². The van der Waals surface area contributed by atoms with Crippen LogP contribution in [0.5, 0.6) is 5.75 Å². The summed E-state index contributed by atoms with van der Waals surface area (Å²) in [6.45, 7) is 1.97. The van der Waals surface area contributed by atoms with Gasteiger partial charge in [0.05, 0.1) is 12.7 Å². The summed E-state index contributed by atoms with van der Waals surface area (Å²) in [5, 5.41) is 13.1. The lowest BCUT2D eigenvalue weighted by Crippen LogP contribution is -2.02. The molecule has 2 rings (SSSR count). The molecular weight excluding hydrogens is 294 g/mol. The maximum absolute atomic E-state index is 11.7. The summed E-state index contributed by atoms with van der Waals surface area (Å²) >= 11 is 0. The lowest BCUT2D eigenvalue weighted by Gasteiger charge is -2.12. The van der Waals surface area contributed by atoms with Crippen LogP contribution in [0.25, 0.3) is 5.57 Å². The van der Waals surface area contributed by atoms with Crippen molar-refractivity contribution < 1.29 is 14.6 Å². The minimum absolute atomic E-state index is 0.0648. The molecule has 0 aliphatic carbocycles. The summed E-state index contributed by atoms with van der Waals surface area (Å²) in [7, 11) is 1.31. The van der Waals surface area contributed by atoms with Crippen LogP contribution in [0.1, 0.15) is 34.8 Å². The molecule has 0 bridgehead atoms. The maximum Gasteiger partial charge on any atom is 0.337 e. The van der Waals surface area contributed by atoms with Crippen LogP contribution >= 0.6 is 0 Å². The predicted octanol–water partition coefficient (Wildman–Crippen LogP) is 4.42. The number of carbonyl (C=O) groups is 1. The third-order valence-electron chi connectivity index (χ3n) is 3.40. The number of methoxy groups -OCH3 is 1. The van der Waals surface area contributed by atoms with Crippen LogP contribution in [0.4, 0.5) is 5.69 Å². The fourth-order valence-electron chi connectivity index (χ4n) is 2.29. The maximum atomic E-state index is 11.7. The molecule has 0 fully saturated rings. The average molecular weight is 311 g/mol. The average Bonchev–Trinajstić information content (AvgIpc) is 2.60. The van der Waals surface area contributed by atoms with Gasteiger partial charge < -0.3 is 9.84 Å². The zero-order valence-corrected chi connectivity index (χ0v) is 12.9. The van der Waals surface area contributed by atoms with Crippen LogP contribution < -0.4 is 0 Å². The van der Waals surface area contributed by atoms with Crippen molar-refractivity contribution in [1.29, 1.82) is 0 Å². The molecule has 0 atom stereocenters. The molecule has 5 nitrogen and oxygen atoms in total. The number of rotatable bonds is 5. The summed E-state index contributed by atoms with van der Waals surface area (Å²) in [6.07, 6.45) is 2.68. The Labute approximate surface area is 134 Å². The summed E-state index contributed by atoms with van der Waals surface area (Å²) in [5.74, 6) is -0.405. The molecule has 0 heterocycles. The second-order valence-electron chi connectivity index (χ2n) is 4.89. The van der Waals surface area contributed by atoms with E-state index in [1.54, 1.807) is 30.3 Å². The van der Waals surface area contributed by atoms with Gasteiger partial charge in [-0.05, 0) is 53.1 Å². The first kappa shape index (κ1) is 16.4. The van der Waals surface area contributed by atoms with Crippen LogP contribution in [0.15, 0.2) is 53.7 Å². The quantitative estimate of drug-likeness (QED) is 0.655. The molecule has 0 spiro atoms. The van der Waals surface area contributed by atoms with E-state index in [9.17, 15) is 14.8 Å². The molecule has 0 unspecified atom stereocenters. The van der Waals surface area contributed by atoms with E-state index in [0.29, 0.717) is 16.8 Å². The van der Waals surface area contributed by atoms with Gasteiger partial charge >= 0.3 is 5.97 Å². The third-order valence-corrected chi connectivity index (χ3v) is 3.40. The second-order valence-corrected chi connectivity index (χ2v) is 4.89. The SMILES string of the molecule is CC/C=C(/c1ccc(N=O)cc1)c1cc(C(=O)OC)ccc1O. The molecule has 0 radical (unpaired) electrons. The Balaban J connectivity index is 2.55. The monoisotopic (exact) mass is 311 g/mol. The molecule has 0 amide bonds. The van der Waals surface area contributed by atoms with E-state index in [1.807, 2.05) is 13.0 Å². The van der Waals surface area contributed by atoms with E-state index < -0.39 is 5.97 Å². The highest BCUT2D eigenvalue weighted by atomic mass is 16.5. The van der Waals surface area contributed by atoms with Crippen molar-refractivity contribution >= 4 is 17.2 Å². The van der Waals surface area contributed by atoms with Gasteiger partial charge in [0, 0.05) is 5.56 Å². The summed E-state index contributed by atoms with van der Waals surface area (Å²) in [5.41, 5.74) is 2.80. The zero-order chi connectivity index (χ0) is 16.8. The third kappa shape index (κ3) is 3.63. The number of hydrogen-bond acceptors (Lipinski definition) is 5. The van der Waals surface area contributed by atoms with Crippen LogP contribution in [-0.2, 0) is 4.74 Å². The largest absolute Gasteiger partial charge is 0.507 e. The lowest BCUT2D eigenvalue weighted by molar-refractivity contribution is 0.0600. The fraction of sp³-hybridized carbons (Fsp3) is 0.167. The number of phenols is 1. The number of ether oxygens (including phenoxy) is 1. The number of aromatic hydroxyl groups is 1. The first-order valence-corrected chi connectivity index (χ1v) is 7.16. The molecule has 1 N–H and O–H groups in total. The highest BCUT2D eigenvalue weighted by Crippen LogP contribution is 2.32. The van der Waals surface area contributed by atoms with Gasteiger partial charge in [-0.2, -0.15) is 0 Å². The van der Waals surface area contributed by atoms with Crippen molar-refractivity contribution in [2.45, 2.75) is 13.3 Å². The van der Waals surface area contributed by atoms with Crippen molar-refractivity contribution in [2.75, 3.05) is 7.11 Å². The fourth-order valence-corrected chi connectivity index (χ4v) is 2.29. The van der Waals surface area contributed by atoms with Gasteiger partial charge in [-0.15, -0.1) is 4.91 Å². The second kappa shape index (κ2) is 7.35. The normalized spacial score (nSPS) is 11.1. The van der Waals surface area contributed by atoms with E-state index in [1.165, 1.54) is 19.2 Å². The predicted molar refractivity (Wildman–Crippen MR) is 88.7 cm³/mol. The van der Waals surface area contributed by atoms with Crippen molar-refractivity contribution in [2.24, 2.45) is 5.18 Å². The molecule has 5 heteroatoms. The number of phenolic OH excluding ortho intramolecular Hbond substituents is 1. The zero-order valence-electron chi connectivity index (χ0n) is 12.9. The Hall–Kier alpha value is -2.95. The first-order chi connectivity index (χ1) is 11.1. The molecule has 118 valence electrons. The van der Waals surface area contributed by atoms with Crippen LogP contribution in [0.3, 0.4) is 0 Å². The highest BCUT2D eigenvalue weighted by molar-refractivity contribution is 5.92. The number of nitrogens with zero attached hydrogens (tertiary/aromatic N) is 1. The summed E-state index contributed by atoms with van der Waals surface area (Å²) in [4.78, 5) is 22.2. The number of nitroso groups, excluding NO2 is 1. The Morgan fingerprint density at radius 1 is 1.17 bits per heavy atom. The standard InChI is InChI=1S/C18H17NO4/c1-3-4-15(12-5-8-14(19-22)9-6-12)16-11-13(18(21)23-2)7-10-17(16)20/h4-11,20H,3H2,1-2H3/b15-4-. The van der Waals surface area contributed by atoms with E-state index in [0.717, 1.165) is 17.6 Å². The number of allylic oxidation sites excluding steroid dienone is 1. The molecule has 2 aromatic carbocycles. The van der Waals surface area contributed by atoms with Crippen molar-refractivity contribution in [1.82, 2.24) is 0 Å². The Bertz CT molecular complexity index is 748. The van der Waals surface area contributed by atoms with E-state index in [2.05, 4.69) is 5.18 Å². The van der Waals surface area contributed by atoms with Gasteiger partial charge in [0.15, 0.2) is 0 Å². The van der Waals surface area contributed by atoms with E-state index in [4.69, 9.17) is 4.74 Å². The number of hydrogen-bond donors (Lipinski definition) is 1. The van der Waals surface area contributed by atoms with Gasteiger partial charge in [-0.1, -0.05) is 25.1 Å². The van der Waals surface area contributed by atoms with Gasteiger partial charge in [-0.3, -0.25) is 0 Å². The van der Waals surface area contributed by atoms with Crippen LogP contribution in [0.2, 0.25) is 0 Å². The number of esters is 1. The van der Waals surface area contributed by atoms with Crippen molar-refractivity contribution in [3.8, 4) is 5.75 Å². The Kier molecular flexibility index (Phi) is 5.25. The molecule has 0 aliphatic heterocycles. The van der Waals surface area contributed by atoms with E-state index in [-0.39, 0.29) is 5.75 Å². The molecule has 0 saturated heterocycles.